The van der Waals surface area contributed by atoms with E-state index in [9.17, 15) is 13.2 Å². The van der Waals surface area contributed by atoms with Crippen molar-refractivity contribution in [3.05, 3.63) is 46.9 Å². The second-order valence-corrected chi connectivity index (χ2v) is 4.76. The molecule has 0 radical (unpaired) electrons. The first-order valence-electron chi connectivity index (χ1n) is 5.94. The van der Waals surface area contributed by atoms with Crippen molar-refractivity contribution in [2.24, 2.45) is 0 Å². The first kappa shape index (κ1) is 13.6. The number of pyridine rings is 1. The highest BCUT2D eigenvalue weighted by atomic mass is 19.4. The topological polar surface area (TPSA) is 16.1 Å². The number of anilines is 1. The predicted molar refractivity (Wildman–Crippen MR) is 69.0 cm³/mol. The van der Waals surface area contributed by atoms with E-state index < -0.39 is 11.9 Å². The normalized spacial score (nSPS) is 16.2. The van der Waals surface area contributed by atoms with Crippen LogP contribution >= 0.6 is 0 Å². The van der Waals surface area contributed by atoms with Crippen molar-refractivity contribution < 1.29 is 13.2 Å². The van der Waals surface area contributed by atoms with Gasteiger partial charge in [-0.05, 0) is 38.5 Å². The van der Waals surface area contributed by atoms with Gasteiger partial charge in [-0.25, -0.2) is 0 Å². The van der Waals surface area contributed by atoms with Crippen LogP contribution in [0.1, 0.15) is 18.2 Å². The number of allylic oxidation sites excluding steroid dienone is 3. The maximum Gasteiger partial charge on any atom is 0.431 e. The Bertz CT molecular complexity index is 556. The average molecular weight is 268 g/mol. The Balaban J connectivity index is 2.51. The highest BCUT2D eigenvalue weighted by Gasteiger charge is 2.39. The van der Waals surface area contributed by atoms with Gasteiger partial charge in [0.15, 0.2) is 0 Å². The molecule has 2 nitrogen and oxygen atoms in total. The van der Waals surface area contributed by atoms with Crippen LogP contribution in [0.3, 0.4) is 0 Å². The number of aryl methyl sites for hydroxylation is 2. The summed E-state index contributed by atoms with van der Waals surface area (Å²) in [6, 6.07) is 1.69. The molecule has 5 heteroatoms. The van der Waals surface area contributed by atoms with Gasteiger partial charge in [0, 0.05) is 24.1 Å². The fourth-order valence-corrected chi connectivity index (χ4v) is 2.07. The quantitative estimate of drug-likeness (QED) is 0.767. The maximum atomic E-state index is 13.1. The van der Waals surface area contributed by atoms with Crippen LogP contribution in [0.15, 0.2) is 35.7 Å². The van der Waals surface area contributed by atoms with Gasteiger partial charge in [-0.3, -0.25) is 4.98 Å². The van der Waals surface area contributed by atoms with Crippen molar-refractivity contribution in [1.29, 1.82) is 0 Å². The van der Waals surface area contributed by atoms with Gasteiger partial charge in [0.1, 0.15) is 5.70 Å². The third-order valence-electron chi connectivity index (χ3n) is 3.02. The van der Waals surface area contributed by atoms with Crippen molar-refractivity contribution in [3.63, 3.8) is 0 Å². The van der Waals surface area contributed by atoms with Crippen LogP contribution in [-0.2, 0) is 0 Å². The lowest BCUT2D eigenvalue weighted by Gasteiger charge is -2.32. The minimum atomic E-state index is -4.36. The van der Waals surface area contributed by atoms with Gasteiger partial charge in [0.25, 0.3) is 0 Å². The van der Waals surface area contributed by atoms with Crippen molar-refractivity contribution >= 4 is 5.69 Å². The zero-order chi connectivity index (χ0) is 14.2. The van der Waals surface area contributed by atoms with Crippen LogP contribution < -0.4 is 4.90 Å². The zero-order valence-corrected chi connectivity index (χ0v) is 11.0. The van der Waals surface area contributed by atoms with E-state index in [-0.39, 0.29) is 6.54 Å². The van der Waals surface area contributed by atoms with Crippen molar-refractivity contribution in [1.82, 2.24) is 4.98 Å². The summed E-state index contributed by atoms with van der Waals surface area (Å²) in [5, 5.41) is 0. The number of rotatable bonds is 1. The summed E-state index contributed by atoms with van der Waals surface area (Å²) in [6.45, 7) is 5.60. The van der Waals surface area contributed by atoms with Gasteiger partial charge in [-0.15, -0.1) is 0 Å². The van der Waals surface area contributed by atoms with Crippen LogP contribution in [0.2, 0.25) is 0 Å². The number of nitrogens with zero attached hydrogens (tertiary/aromatic N) is 2. The molecule has 19 heavy (non-hydrogen) atoms. The molecule has 0 N–H and O–H groups in total. The van der Waals surface area contributed by atoms with Gasteiger partial charge in [0.05, 0.1) is 0 Å². The lowest BCUT2D eigenvalue weighted by atomic mass is 10.1. The molecular formula is C14H15F3N2. The van der Waals surface area contributed by atoms with Crippen LogP contribution in [0.25, 0.3) is 0 Å². The molecule has 0 saturated heterocycles. The molecule has 0 saturated carbocycles. The van der Waals surface area contributed by atoms with E-state index >= 15 is 0 Å². The lowest BCUT2D eigenvalue weighted by Crippen LogP contribution is -2.35. The SMILES string of the molecule is CC1=CC=C(C(F)(F)F)N(c2cc(C)ncc2C)C1. The van der Waals surface area contributed by atoms with Crippen molar-refractivity contribution in [3.8, 4) is 0 Å². The third-order valence-corrected chi connectivity index (χ3v) is 3.02. The van der Waals surface area contributed by atoms with Crippen molar-refractivity contribution in [2.75, 3.05) is 11.4 Å². The largest absolute Gasteiger partial charge is 0.431 e. The van der Waals surface area contributed by atoms with Gasteiger partial charge in [0.2, 0.25) is 0 Å². The Morgan fingerprint density at radius 1 is 1.16 bits per heavy atom. The molecule has 1 aliphatic heterocycles. The summed E-state index contributed by atoms with van der Waals surface area (Å²) in [6.07, 6.45) is -0.107. The van der Waals surface area contributed by atoms with E-state index in [0.717, 1.165) is 17.2 Å². The highest BCUT2D eigenvalue weighted by molar-refractivity contribution is 5.61. The summed E-state index contributed by atoms with van der Waals surface area (Å²) < 4.78 is 39.2. The number of hydrogen-bond acceptors (Lipinski definition) is 2. The molecule has 1 aliphatic rings. The monoisotopic (exact) mass is 268 g/mol. The van der Waals surface area contributed by atoms with Crippen LogP contribution in [-0.4, -0.2) is 17.7 Å². The molecule has 0 aliphatic carbocycles. The Morgan fingerprint density at radius 2 is 1.84 bits per heavy atom. The molecule has 1 aromatic rings. The van der Waals surface area contributed by atoms with Crippen molar-refractivity contribution in [2.45, 2.75) is 26.9 Å². The lowest BCUT2D eigenvalue weighted by molar-refractivity contribution is -0.0934. The standard InChI is InChI=1S/C14H15F3N2/c1-9-4-5-13(14(15,16)17)19(8-9)12-6-11(3)18-7-10(12)2/h4-7H,8H2,1-3H3. The fourth-order valence-electron chi connectivity index (χ4n) is 2.07. The third kappa shape index (κ3) is 2.80. The zero-order valence-electron chi connectivity index (χ0n) is 11.0. The molecule has 0 unspecified atom stereocenters. The molecule has 0 amide bonds. The van der Waals surface area contributed by atoms with E-state index in [2.05, 4.69) is 4.98 Å². The molecule has 0 spiro atoms. The summed E-state index contributed by atoms with van der Waals surface area (Å²) in [4.78, 5) is 5.40. The van der Waals surface area contributed by atoms with Crippen LogP contribution in [0.5, 0.6) is 0 Å². The van der Waals surface area contributed by atoms with Gasteiger partial charge in [-0.1, -0.05) is 11.6 Å². The van der Waals surface area contributed by atoms with Gasteiger partial charge in [-0.2, -0.15) is 13.2 Å². The Morgan fingerprint density at radius 3 is 2.47 bits per heavy atom. The smallest absolute Gasteiger partial charge is 0.333 e. The molecule has 0 fully saturated rings. The number of aromatic nitrogens is 1. The van der Waals surface area contributed by atoms with E-state index in [4.69, 9.17) is 0 Å². The first-order chi connectivity index (χ1) is 8.79. The summed E-state index contributed by atoms with van der Waals surface area (Å²) in [5.41, 5.74) is 2.25. The van der Waals surface area contributed by atoms with E-state index in [0.29, 0.717) is 11.4 Å². The minimum absolute atomic E-state index is 0.246. The first-order valence-corrected chi connectivity index (χ1v) is 5.94. The number of halogens is 3. The van der Waals surface area contributed by atoms with E-state index in [1.54, 1.807) is 26.1 Å². The Hall–Kier alpha value is -1.78. The molecule has 2 rings (SSSR count). The number of hydrogen-bond donors (Lipinski definition) is 0. The fraction of sp³-hybridized carbons (Fsp3) is 0.357. The summed E-state index contributed by atoms with van der Waals surface area (Å²) in [7, 11) is 0. The summed E-state index contributed by atoms with van der Waals surface area (Å²) >= 11 is 0. The minimum Gasteiger partial charge on any atom is -0.333 e. The average Bonchev–Trinajstić information content (AvgIpc) is 2.30. The molecule has 0 aromatic carbocycles. The molecular weight excluding hydrogens is 253 g/mol. The molecule has 0 atom stereocenters. The highest BCUT2D eigenvalue weighted by Crippen LogP contribution is 2.36. The van der Waals surface area contributed by atoms with Crippen LogP contribution in [0, 0.1) is 13.8 Å². The van der Waals surface area contributed by atoms with Gasteiger partial charge < -0.3 is 4.90 Å². The van der Waals surface area contributed by atoms with E-state index in [1.165, 1.54) is 11.0 Å². The predicted octanol–water partition coefficient (Wildman–Crippen LogP) is 3.91. The van der Waals surface area contributed by atoms with Crippen LogP contribution in [0.4, 0.5) is 18.9 Å². The second kappa shape index (κ2) is 4.72. The molecule has 0 bridgehead atoms. The number of alkyl halides is 3. The Labute approximate surface area is 110 Å². The second-order valence-electron chi connectivity index (χ2n) is 4.76. The summed E-state index contributed by atoms with van der Waals surface area (Å²) in [5.74, 6) is 0. The van der Waals surface area contributed by atoms with Gasteiger partial charge >= 0.3 is 6.18 Å². The Kier molecular flexibility index (Phi) is 3.39. The molecule has 102 valence electrons. The molecule has 2 heterocycles. The molecule has 1 aromatic heterocycles. The van der Waals surface area contributed by atoms with E-state index in [1.807, 2.05) is 6.92 Å². The maximum absolute atomic E-state index is 13.1.